The van der Waals surface area contributed by atoms with Crippen LogP contribution in [0.4, 0.5) is 0 Å². The molecule has 1 aromatic rings. The van der Waals surface area contributed by atoms with Crippen LogP contribution >= 0.6 is 0 Å². The highest BCUT2D eigenvalue weighted by Crippen LogP contribution is 2.16. The molecule has 0 unspecified atom stereocenters. The predicted octanol–water partition coefficient (Wildman–Crippen LogP) is -2.41. The summed E-state index contributed by atoms with van der Waals surface area (Å²) in [5.41, 5.74) is 0.575. The van der Waals surface area contributed by atoms with Gasteiger partial charge in [-0.25, -0.2) is 0 Å². The zero-order chi connectivity index (χ0) is 17.6. The Hall–Kier alpha value is -1.94. The maximum Gasteiger partial charge on any atom is 0.264 e. The molecule has 0 aliphatic rings. The number of rotatable bonds is 8. The normalized spacial score (nSPS) is 16.1. The molecule has 8 nitrogen and oxygen atoms in total. The number of carbonyl (C=O) groups is 2. The lowest BCUT2D eigenvalue weighted by atomic mass is 9.94. The van der Waals surface area contributed by atoms with Crippen molar-refractivity contribution < 1.29 is 40.2 Å². The largest absolute Gasteiger partial charge is 0.394 e. The van der Waals surface area contributed by atoms with E-state index in [-0.39, 0.29) is 0 Å². The van der Waals surface area contributed by atoms with Crippen LogP contribution in [0.3, 0.4) is 0 Å². The molecule has 8 heteroatoms. The number of hydrogen-bond acceptors (Lipinski definition) is 8. The number of ketones is 2. The summed E-state index contributed by atoms with van der Waals surface area (Å²) >= 11 is 0. The van der Waals surface area contributed by atoms with Crippen molar-refractivity contribution in [2.24, 2.45) is 0 Å². The molecule has 0 fully saturated rings. The van der Waals surface area contributed by atoms with Crippen molar-refractivity contribution in [2.45, 2.75) is 24.1 Å². The number of benzene rings is 1. The topological polar surface area (TPSA) is 156 Å². The van der Waals surface area contributed by atoms with Gasteiger partial charge in [0.15, 0.2) is 0 Å². The minimum atomic E-state index is -3.62. The Bertz CT molecular complexity index is 566. The molecule has 1 aromatic carbocycles. The summed E-state index contributed by atoms with van der Waals surface area (Å²) in [6.45, 7) is -0.996. The van der Waals surface area contributed by atoms with Gasteiger partial charge >= 0.3 is 0 Å². The molecular formula is C15H18O8. The van der Waals surface area contributed by atoms with E-state index in [1.54, 1.807) is 30.3 Å². The fraction of sp³-hybridized carbons (Fsp3) is 0.333. The van der Waals surface area contributed by atoms with E-state index in [0.29, 0.717) is 5.56 Å². The van der Waals surface area contributed by atoms with Gasteiger partial charge in [-0.2, -0.15) is 0 Å². The van der Waals surface area contributed by atoms with Crippen LogP contribution < -0.4 is 0 Å². The number of aliphatic hydroxyl groups excluding tert-OH is 4. The maximum atomic E-state index is 11.7. The zero-order valence-corrected chi connectivity index (χ0v) is 12.0. The first kappa shape index (κ1) is 19.1. The van der Waals surface area contributed by atoms with Crippen molar-refractivity contribution in [3.63, 3.8) is 0 Å². The Morgan fingerprint density at radius 2 is 1.65 bits per heavy atom. The van der Waals surface area contributed by atoms with Crippen molar-refractivity contribution >= 4 is 17.6 Å². The molecule has 0 aliphatic heterocycles. The first-order chi connectivity index (χ1) is 10.7. The van der Waals surface area contributed by atoms with E-state index < -0.39 is 42.3 Å². The molecule has 0 saturated heterocycles. The summed E-state index contributed by atoms with van der Waals surface area (Å²) in [5.74, 6) is -6.74. The molecule has 3 atom stereocenters. The monoisotopic (exact) mass is 326 g/mol. The molecule has 0 heterocycles. The summed E-state index contributed by atoms with van der Waals surface area (Å²) in [6, 6.07) is 8.38. The second-order valence-electron chi connectivity index (χ2n) is 4.85. The van der Waals surface area contributed by atoms with Crippen molar-refractivity contribution in [1.29, 1.82) is 0 Å². The van der Waals surface area contributed by atoms with Gasteiger partial charge in [0, 0.05) is 0 Å². The van der Waals surface area contributed by atoms with Gasteiger partial charge in [-0.3, -0.25) is 9.59 Å². The molecule has 126 valence electrons. The van der Waals surface area contributed by atoms with E-state index in [1.807, 2.05) is 0 Å². The standard InChI is InChI=1S/C15H18O8/c16-8-11(18)12(19)14(21)15(22,23)13(20)10(17)7-6-9-4-2-1-3-5-9/h1-7,11-12,14,16,18-19,21-23H,8H2/t11-,12-,14+/m1/s1. The average molecular weight is 326 g/mol. The maximum absolute atomic E-state index is 11.7. The Kier molecular flexibility index (Phi) is 6.70. The number of allylic oxidation sites excluding steroid dienone is 1. The van der Waals surface area contributed by atoms with Crippen LogP contribution in [0, 0.1) is 0 Å². The Balaban J connectivity index is 2.85. The van der Waals surface area contributed by atoms with E-state index in [0.717, 1.165) is 6.08 Å². The highest BCUT2D eigenvalue weighted by molar-refractivity contribution is 6.44. The smallest absolute Gasteiger partial charge is 0.264 e. The van der Waals surface area contributed by atoms with Crippen LogP contribution in [0.1, 0.15) is 5.56 Å². The van der Waals surface area contributed by atoms with Crippen LogP contribution in [-0.4, -0.2) is 72.9 Å². The molecule has 23 heavy (non-hydrogen) atoms. The molecular weight excluding hydrogens is 308 g/mol. The van der Waals surface area contributed by atoms with Crippen LogP contribution in [-0.2, 0) is 9.59 Å². The van der Waals surface area contributed by atoms with Gasteiger partial charge in [0.2, 0.25) is 5.78 Å². The quantitative estimate of drug-likeness (QED) is 0.175. The van der Waals surface area contributed by atoms with Gasteiger partial charge in [-0.05, 0) is 11.6 Å². The number of Topliss-reactive ketones (excluding diaryl/α,β-unsaturated/α-hetero) is 1. The molecule has 0 radical (unpaired) electrons. The minimum Gasteiger partial charge on any atom is -0.394 e. The summed E-state index contributed by atoms with van der Waals surface area (Å²) < 4.78 is 0. The second-order valence-corrected chi connectivity index (χ2v) is 4.85. The molecule has 0 aliphatic carbocycles. The highest BCUT2D eigenvalue weighted by Gasteiger charge is 2.48. The predicted molar refractivity (Wildman–Crippen MR) is 77.8 cm³/mol. The summed E-state index contributed by atoms with van der Waals surface area (Å²) in [7, 11) is 0. The van der Waals surface area contributed by atoms with Gasteiger partial charge in [0.25, 0.3) is 11.6 Å². The second kappa shape index (κ2) is 8.06. The van der Waals surface area contributed by atoms with E-state index in [2.05, 4.69) is 0 Å². The average Bonchev–Trinajstić information content (AvgIpc) is 2.57. The molecule has 0 amide bonds. The first-order valence-electron chi connectivity index (χ1n) is 6.63. The lowest BCUT2D eigenvalue weighted by Crippen LogP contribution is -2.59. The van der Waals surface area contributed by atoms with Crippen LogP contribution in [0.25, 0.3) is 6.08 Å². The van der Waals surface area contributed by atoms with Crippen LogP contribution in [0.15, 0.2) is 36.4 Å². The Labute approximate surface area is 131 Å². The highest BCUT2D eigenvalue weighted by atomic mass is 16.5. The Morgan fingerprint density at radius 3 is 2.17 bits per heavy atom. The van der Waals surface area contributed by atoms with Crippen molar-refractivity contribution in [2.75, 3.05) is 6.61 Å². The van der Waals surface area contributed by atoms with E-state index in [9.17, 15) is 30.0 Å². The van der Waals surface area contributed by atoms with Crippen molar-refractivity contribution in [1.82, 2.24) is 0 Å². The lowest BCUT2D eigenvalue weighted by molar-refractivity contribution is -0.244. The van der Waals surface area contributed by atoms with Gasteiger partial charge in [0.05, 0.1) is 6.61 Å². The van der Waals surface area contributed by atoms with Crippen LogP contribution in [0.2, 0.25) is 0 Å². The summed E-state index contributed by atoms with van der Waals surface area (Å²) in [5, 5.41) is 55.9. The number of hydrogen-bond donors (Lipinski definition) is 6. The first-order valence-corrected chi connectivity index (χ1v) is 6.63. The molecule has 0 saturated carbocycles. The number of carbonyl (C=O) groups excluding carboxylic acids is 2. The van der Waals surface area contributed by atoms with Crippen molar-refractivity contribution in [3.05, 3.63) is 42.0 Å². The zero-order valence-electron chi connectivity index (χ0n) is 12.0. The Morgan fingerprint density at radius 1 is 1.09 bits per heavy atom. The van der Waals surface area contributed by atoms with Crippen LogP contribution in [0.5, 0.6) is 0 Å². The number of aliphatic hydroxyl groups is 6. The minimum absolute atomic E-state index is 0.575. The molecule has 6 N–H and O–H groups in total. The van der Waals surface area contributed by atoms with E-state index in [1.165, 1.54) is 6.08 Å². The van der Waals surface area contributed by atoms with Crippen molar-refractivity contribution in [3.8, 4) is 0 Å². The van der Waals surface area contributed by atoms with E-state index >= 15 is 0 Å². The fourth-order valence-electron chi connectivity index (χ4n) is 1.68. The SMILES string of the molecule is O=C(C=Cc1ccccc1)C(=O)C(O)(O)[C@@H](O)[C@H](O)[C@H](O)CO. The molecule has 0 bridgehead atoms. The van der Waals surface area contributed by atoms with Gasteiger partial charge in [-0.1, -0.05) is 36.4 Å². The van der Waals surface area contributed by atoms with Gasteiger partial charge in [0.1, 0.15) is 18.3 Å². The third kappa shape index (κ3) is 4.76. The van der Waals surface area contributed by atoms with E-state index in [4.69, 9.17) is 10.2 Å². The summed E-state index contributed by atoms with van der Waals surface area (Å²) in [6.07, 6.45) is -4.73. The third-order valence-electron chi connectivity index (χ3n) is 3.10. The molecule has 0 aromatic heterocycles. The fourth-order valence-corrected chi connectivity index (χ4v) is 1.68. The van der Waals surface area contributed by atoms with Gasteiger partial charge < -0.3 is 30.6 Å². The van der Waals surface area contributed by atoms with Gasteiger partial charge in [-0.15, -0.1) is 0 Å². The molecule has 1 rings (SSSR count). The third-order valence-corrected chi connectivity index (χ3v) is 3.10. The lowest BCUT2D eigenvalue weighted by Gasteiger charge is -2.30. The molecule has 0 spiro atoms. The summed E-state index contributed by atoms with van der Waals surface area (Å²) in [4.78, 5) is 23.4.